The normalized spacial score (nSPS) is 10.5. The highest BCUT2D eigenvalue weighted by Crippen LogP contribution is 2.20. The Morgan fingerprint density at radius 1 is 1.43 bits per heavy atom. The average Bonchev–Trinajstić information content (AvgIpc) is 2.20. The second kappa shape index (κ2) is 4.96. The molecule has 0 aliphatic carbocycles. The van der Waals surface area contributed by atoms with Gasteiger partial charge in [-0.3, -0.25) is 0 Å². The fraction of sp³-hybridized carbons (Fsp3) is 0.455. The summed E-state index contributed by atoms with van der Waals surface area (Å²) < 4.78 is 13.2. The average molecular weight is 197 g/mol. The lowest BCUT2D eigenvalue weighted by atomic mass is 10.0. The minimum Gasteiger partial charge on any atom is -0.396 e. The van der Waals surface area contributed by atoms with E-state index in [-0.39, 0.29) is 12.3 Å². The zero-order valence-electron chi connectivity index (χ0n) is 8.39. The molecule has 0 unspecified atom stereocenters. The highest BCUT2D eigenvalue weighted by molar-refractivity contribution is 5.50. The number of anilines is 1. The Labute approximate surface area is 83.6 Å². The minimum absolute atomic E-state index is 0.143. The minimum atomic E-state index is -0.428. The Balaban J connectivity index is 2.95. The molecule has 3 N–H and O–H groups in total. The van der Waals surface area contributed by atoms with Gasteiger partial charge in [-0.1, -0.05) is 19.4 Å². The van der Waals surface area contributed by atoms with E-state index in [4.69, 9.17) is 10.8 Å². The molecule has 0 amide bonds. The molecule has 1 aromatic rings. The van der Waals surface area contributed by atoms with Gasteiger partial charge in [0.15, 0.2) is 0 Å². The summed E-state index contributed by atoms with van der Waals surface area (Å²) in [6.07, 6.45) is 2.80. The molecular weight excluding hydrogens is 181 g/mol. The maximum atomic E-state index is 13.2. The number of nitrogens with two attached hydrogens (primary N) is 1. The van der Waals surface area contributed by atoms with Crippen molar-refractivity contribution in [3.63, 3.8) is 0 Å². The highest BCUT2D eigenvalue weighted by atomic mass is 19.1. The van der Waals surface area contributed by atoms with E-state index < -0.39 is 5.82 Å². The van der Waals surface area contributed by atoms with Crippen LogP contribution in [-0.2, 0) is 13.0 Å². The Morgan fingerprint density at radius 3 is 2.71 bits per heavy atom. The molecule has 0 fully saturated rings. The number of benzene rings is 1. The van der Waals surface area contributed by atoms with E-state index >= 15 is 0 Å². The van der Waals surface area contributed by atoms with Crippen LogP contribution in [-0.4, -0.2) is 5.11 Å². The van der Waals surface area contributed by atoms with E-state index in [0.717, 1.165) is 24.8 Å². The molecule has 0 bridgehead atoms. The fourth-order valence-corrected chi connectivity index (χ4v) is 1.40. The standard InChI is InChI=1S/C11H16FNO/c1-2-3-4-9-5-8(7-14)6-10(12)11(9)13/h5-6,14H,2-4,7,13H2,1H3. The lowest BCUT2D eigenvalue weighted by molar-refractivity contribution is 0.281. The summed E-state index contributed by atoms with van der Waals surface area (Å²) in [5.74, 6) is -0.428. The monoisotopic (exact) mass is 197 g/mol. The first-order valence-corrected chi connectivity index (χ1v) is 4.86. The highest BCUT2D eigenvalue weighted by Gasteiger charge is 2.06. The van der Waals surface area contributed by atoms with Gasteiger partial charge in [-0.25, -0.2) is 4.39 Å². The topological polar surface area (TPSA) is 46.2 Å². The third-order valence-electron chi connectivity index (χ3n) is 2.26. The number of aliphatic hydroxyl groups excluding tert-OH is 1. The molecule has 0 spiro atoms. The van der Waals surface area contributed by atoms with Crippen molar-refractivity contribution in [1.29, 1.82) is 0 Å². The van der Waals surface area contributed by atoms with E-state index in [1.54, 1.807) is 6.07 Å². The Morgan fingerprint density at radius 2 is 2.14 bits per heavy atom. The molecule has 14 heavy (non-hydrogen) atoms. The predicted molar refractivity (Wildman–Crippen MR) is 55.3 cm³/mol. The van der Waals surface area contributed by atoms with Gasteiger partial charge in [0.2, 0.25) is 0 Å². The van der Waals surface area contributed by atoms with Crippen LogP contribution in [0.1, 0.15) is 30.9 Å². The number of nitrogen functional groups attached to an aromatic ring is 1. The molecule has 0 saturated carbocycles. The zero-order chi connectivity index (χ0) is 10.6. The van der Waals surface area contributed by atoms with Crippen LogP contribution in [0.3, 0.4) is 0 Å². The van der Waals surface area contributed by atoms with Crippen molar-refractivity contribution in [2.24, 2.45) is 0 Å². The van der Waals surface area contributed by atoms with Gasteiger partial charge in [-0.15, -0.1) is 0 Å². The van der Waals surface area contributed by atoms with Crippen molar-refractivity contribution in [3.05, 3.63) is 29.1 Å². The van der Waals surface area contributed by atoms with Crippen LogP contribution < -0.4 is 5.73 Å². The van der Waals surface area contributed by atoms with Crippen molar-refractivity contribution < 1.29 is 9.50 Å². The van der Waals surface area contributed by atoms with Crippen LogP contribution >= 0.6 is 0 Å². The van der Waals surface area contributed by atoms with E-state index in [9.17, 15) is 4.39 Å². The quantitative estimate of drug-likeness (QED) is 0.727. The molecule has 0 aromatic heterocycles. The van der Waals surface area contributed by atoms with E-state index in [1.807, 2.05) is 0 Å². The number of halogens is 1. The smallest absolute Gasteiger partial charge is 0.146 e. The summed E-state index contributed by atoms with van der Waals surface area (Å²) in [4.78, 5) is 0. The summed E-state index contributed by atoms with van der Waals surface area (Å²) in [6.45, 7) is 1.93. The largest absolute Gasteiger partial charge is 0.396 e. The van der Waals surface area contributed by atoms with Crippen LogP contribution in [0.4, 0.5) is 10.1 Å². The number of aryl methyl sites for hydroxylation is 1. The zero-order valence-corrected chi connectivity index (χ0v) is 8.39. The molecule has 0 radical (unpaired) electrons. The third-order valence-corrected chi connectivity index (χ3v) is 2.26. The Hall–Kier alpha value is -1.09. The van der Waals surface area contributed by atoms with E-state index in [1.165, 1.54) is 6.07 Å². The maximum Gasteiger partial charge on any atom is 0.146 e. The molecule has 78 valence electrons. The third kappa shape index (κ3) is 2.45. The SMILES string of the molecule is CCCCc1cc(CO)cc(F)c1N. The number of hydrogen-bond donors (Lipinski definition) is 2. The van der Waals surface area contributed by atoms with E-state index in [2.05, 4.69) is 6.92 Å². The van der Waals surface area contributed by atoms with Gasteiger partial charge in [0.25, 0.3) is 0 Å². The van der Waals surface area contributed by atoms with Crippen molar-refractivity contribution in [1.82, 2.24) is 0 Å². The summed E-state index contributed by atoms with van der Waals surface area (Å²) >= 11 is 0. The summed E-state index contributed by atoms with van der Waals surface area (Å²) in [6, 6.07) is 3.05. The van der Waals surface area contributed by atoms with Gasteiger partial charge in [0, 0.05) is 0 Å². The molecule has 0 aliphatic heterocycles. The Bertz CT molecular complexity index is 312. The number of unbranched alkanes of at least 4 members (excludes halogenated alkanes) is 1. The number of hydrogen-bond acceptors (Lipinski definition) is 2. The summed E-state index contributed by atoms with van der Waals surface area (Å²) in [5, 5.41) is 8.90. The van der Waals surface area contributed by atoms with Crippen LogP contribution in [0.5, 0.6) is 0 Å². The van der Waals surface area contributed by atoms with Crippen molar-refractivity contribution >= 4 is 5.69 Å². The lowest BCUT2D eigenvalue weighted by Crippen LogP contribution is -2.00. The summed E-state index contributed by atoms with van der Waals surface area (Å²) in [5.41, 5.74) is 7.20. The van der Waals surface area contributed by atoms with Crippen LogP contribution in [0.15, 0.2) is 12.1 Å². The number of rotatable bonds is 4. The molecule has 0 saturated heterocycles. The Kier molecular flexibility index (Phi) is 3.89. The first-order chi connectivity index (χ1) is 6.69. The molecular formula is C11H16FNO. The van der Waals surface area contributed by atoms with Gasteiger partial charge in [0.05, 0.1) is 12.3 Å². The first-order valence-electron chi connectivity index (χ1n) is 4.86. The van der Waals surface area contributed by atoms with Crippen molar-refractivity contribution in [3.8, 4) is 0 Å². The fourth-order valence-electron chi connectivity index (χ4n) is 1.40. The summed E-state index contributed by atoms with van der Waals surface area (Å²) in [7, 11) is 0. The molecule has 2 nitrogen and oxygen atoms in total. The first kappa shape index (κ1) is 11.0. The molecule has 0 aliphatic rings. The molecule has 1 rings (SSSR count). The van der Waals surface area contributed by atoms with Gasteiger partial charge < -0.3 is 10.8 Å². The molecule has 0 atom stereocenters. The second-order valence-electron chi connectivity index (χ2n) is 3.41. The van der Waals surface area contributed by atoms with Crippen LogP contribution in [0.25, 0.3) is 0 Å². The van der Waals surface area contributed by atoms with Crippen molar-refractivity contribution in [2.45, 2.75) is 32.8 Å². The number of aliphatic hydroxyl groups is 1. The predicted octanol–water partition coefficient (Wildman–Crippen LogP) is 2.24. The molecule has 3 heteroatoms. The van der Waals surface area contributed by atoms with Crippen LogP contribution in [0, 0.1) is 5.82 Å². The van der Waals surface area contributed by atoms with Gasteiger partial charge >= 0.3 is 0 Å². The second-order valence-corrected chi connectivity index (χ2v) is 3.41. The van der Waals surface area contributed by atoms with Gasteiger partial charge in [0.1, 0.15) is 5.82 Å². The maximum absolute atomic E-state index is 13.2. The molecule has 0 heterocycles. The lowest BCUT2D eigenvalue weighted by Gasteiger charge is -2.08. The van der Waals surface area contributed by atoms with Crippen LogP contribution in [0.2, 0.25) is 0 Å². The van der Waals surface area contributed by atoms with Gasteiger partial charge in [-0.05, 0) is 30.0 Å². The van der Waals surface area contributed by atoms with Crippen molar-refractivity contribution in [2.75, 3.05) is 5.73 Å². The van der Waals surface area contributed by atoms with Gasteiger partial charge in [-0.2, -0.15) is 0 Å². The molecule has 1 aromatic carbocycles. The van der Waals surface area contributed by atoms with E-state index in [0.29, 0.717) is 5.56 Å².